The van der Waals surface area contributed by atoms with Crippen LogP contribution in [0.5, 0.6) is 5.88 Å². The van der Waals surface area contributed by atoms with Crippen LogP contribution >= 0.6 is 11.6 Å². The average Bonchev–Trinajstić information content (AvgIpc) is 3.15. The lowest BCUT2D eigenvalue weighted by molar-refractivity contribution is -0.155. The average molecular weight is 513 g/mol. The third kappa shape index (κ3) is 5.60. The van der Waals surface area contributed by atoms with Gasteiger partial charge in [0.15, 0.2) is 5.82 Å². The molecule has 190 valence electrons. The molecule has 0 radical (unpaired) electrons. The quantitative estimate of drug-likeness (QED) is 0.446. The Bertz CT molecular complexity index is 1220. The number of aromatic nitrogens is 5. The molecule has 0 bridgehead atoms. The van der Waals surface area contributed by atoms with Crippen molar-refractivity contribution < 1.29 is 19.1 Å². The molecule has 1 aromatic carbocycles. The molecular formula is C25H29ClN6O4. The van der Waals surface area contributed by atoms with E-state index in [9.17, 15) is 4.79 Å². The zero-order chi connectivity index (χ0) is 25.3. The molecule has 0 saturated heterocycles. The summed E-state index contributed by atoms with van der Waals surface area (Å²) < 4.78 is 13.5. The van der Waals surface area contributed by atoms with E-state index in [2.05, 4.69) is 24.7 Å². The lowest BCUT2D eigenvalue weighted by Gasteiger charge is -2.28. The number of benzene rings is 1. The van der Waals surface area contributed by atoms with E-state index in [1.807, 2.05) is 18.2 Å². The molecule has 5 rings (SSSR count). The van der Waals surface area contributed by atoms with E-state index in [4.69, 9.17) is 25.9 Å². The highest BCUT2D eigenvalue weighted by atomic mass is 35.5. The second kappa shape index (κ2) is 10.0. The first-order chi connectivity index (χ1) is 17.2. The van der Waals surface area contributed by atoms with Gasteiger partial charge in [-0.25, -0.2) is 14.8 Å². The van der Waals surface area contributed by atoms with Crippen molar-refractivity contribution in [2.75, 3.05) is 0 Å². The fraction of sp³-hybridized carbons (Fsp3) is 0.480. The Kier molecular flexibility index (Phi) is 6.81. The Labute approximate surface area is 214 Å². The Balaban J connectivity index is 1.36. The number of hydrogen-bond acceptors (Lipinski definition) is 9. The SMILES string of the molecule is CC(C)(C)OC(=O)ON1Cc2cc(Cl)ccc2-n2c(nnc2C2CCC(Oc3ccncn3)CC2)C1. The van der Waals surface area contributed by atoms with Gasteiger partial charge in [-0.15, -0.1) is 15.3 Å². The minimum absolute atomic E-state index is 0.103. The van der Waals surface area contributed by atoms with Crippen molar-refractivity contribution in [2.45, 2.75) is 77.2 Å². The molecule has 1 saturated carbocycles. The molecule has 2 aromatic heterocycles. The van der Waals surface area contributed by atoms with Crippen molar-refractivity contribution in [1.29, 1.82) is 0 Å². The van der Waals surface area contributed by atoms with Crippen LogP contribution in [0.25, 0.3) is 5.69 Å². The zero-order valence-electron chi connectivity index (χ0n) is 20.6. The number of carbonyl (C=O) groups excluding carboxylic acids is 1. The summed E-state index contributed by atoms with van der Waals surface area (Å²) >= 11 is 6.33. The predicted octanol–water partition coefficient (Wildman–Crippen LogP) is 5.00. The van der Waals surface area contributed by atoms with E-state index in [-0.39, 0.29) is 18.6 Å². The standard InChI is InChI=1S/C25H29ClN6O4/c1-25(2,3)35-24(33)36-31-13-17-12-18(26)6-9-20(17)32-21(14-31)29-30-23(32)16-4-7-19(8-5-16)34-22-10-11-27-15-28-22/h6,9-12,15-16,19H,4-5,7-8,13-14H2,1-3H3. The van der Waals surface area contributed by atoms with Crippen molar-refractivity contribution in [3.8, 4) is 11.6 Å². The molecule has 10 nitrogen and oxygen atoms in total. The van der Waals surface area contributed by atoms with E-state index < -0.39 is 11.8 Å². The summed E-state index contributed by atoms with van der Waals surface area (Å²) in [7, 11) is 0. The van der Waals surface area contributed by atoms with E-state index in [1.165, 1.54) is 11.4 Å². The number of halogens is 1. The third-order valence-corrected chi connectivity index (χ3v) is 6.41. The highest BCUT2D eigenvalue weighted by molar-refractivity contribution is 6.30. The highest BCUT2D eigenvalue weighted by Gasteiger charge is 2.32. The van der Waals surface area contributed by atoms with Crippen LogP contribution in [0.15, 0.2) is 36.8 Å². The van der Waals surface area contributed by atoms with Crippen LogP contribution in [0.1, 0.15) is 69.6 Å². The number of nitrogens with zero attached hydrogens (tertiary/aromatic N) is 6. The number of fused-ring (bicyclic) bond motifs is 3. The largest absolute Gasteiger partial charge is 0.528 e. The molecule has 0 amide bonds. The van der Waals surface area contributed by atoms with E-state index >= 15 is 0 Å². The summed E-state index contributed by atoms with van der Waals surface area (Å²) in [5.41, 5.74) is 1.18. The first-order valence-corrected chi connectivity index (χ1v) is 12.4. The van der Waals surface area contributed by atoms with Gasteiger partial charge in [-0.05, 0) is 70.2 Å². The van der Waals surface area contributed by atoms with Crippen molar-refractivity contribution in [3.05, 3.63) is 59.0 Å². The number of hydroxylamine groups is 2. The summed E-state index contributed by atoms with van der Waals surface area (Å²) in [5.74, 6) is 2.40. The molecule has 0 unspecified atom stereocenters. The minimum Gasteiger partial charge on any atom is -0.474 e. The zero-order valence-corrected chi connectivity index (χ0v) is 21.3. The van der Waals surface area contributed by atoms with Gasteiger partial charge in [0.05, 0.1) is 18.8 Å². The molecular weight excluding hydrogens is 484 g/mol. The molecule has 3 heterocycles. The molecule has 1 aliphatic heterocycles. The molecule has 0 atom stereocenters. The maximum absolute atomic E-state index is 12.4. The molecule has 1 fully saturated rings. The van der Waals surface area contributed by atoms with Crippen LogP contribution < -0.4 is 4.74 Å². The van der Waals surface area contributed by atoms with Gasteiger partial charge in [-0.3, -0.25) is 4.57 Å². The van der Waals surface area contributed by atoms with Crippen molar-refractivity contribution in [2.24, 2.45) is 0 Å². The van der Waals surface area contributed by atoms with Gasteiger partial charge in [0.25, 0.3) is 0 Å². The maximum Gasteiger partial charge on any atom is 0.528 e. The predicted molar refractivity (Wildman–Crippen MR) is 131 cm³/mol. The number of carbonyl (C=O) groups is 1. The maximum atomic E-state index is 12.4. The summed E-state index contributed by atoms with van der Waals surface area (Å²) in [6.07, 6.45) is 6.11. The van der Waals surface area contributed by atoms with Gasteiger partial charge < -0.3 is 14.3 Å². The van der Waals surface area contributed by atoms with Crippen molar-refractivity contribution >= 4 is 17.8 Å². The van der Waals surface area contributed by atoms with E-state index in [0.29, 0.717) is 23.3 Å². The Morgan fingerprint density at radius 2 is 1.89 bits per heavy atom. The fourth-order valence-electron chi connectivity index (χ4n) is 4.66. The second-order valence-corrected chi connectivity index (χ2v) is 10.5. The smallest absolute Gasteiger partial charge is 0.474 e. The second-order valence-electron chi connectivity index (χ2n) is 10.1. The van der Waals surface area contributed by atoms with Crippen LogP contribution in [-0.4, -0.2) is 47.7 Å². The molecule has 0 spiro atoms. The van der Waals surface area contributed by atoms with Crippen LogP contribution in [0.3, 0.4) is 0 Å². The summed E-state index contributed by atoms with van der Waals surface area (Å²) in [6, 6.07) is 7.48. The molecule has 1 aliphatic carbocycles. The molecule has 0 N–H and O–H groups in total. The van der Waals surface area contributed by atoms with Crippen LogP contribution in [-0.2, 0) is 22.7 Å². The fourth-order valence-corrected chi connectivity index (χ4v) is 4.85. The van der Waals surface area contributed by atoms with Gasteiger partial charge in [0.2, 0.25) is 5.88 Å². The van der Waals surface area contributed by atoms with Crippen molar-refractivity contribution in [3.63, 3.8) is 0 Å². The Morgan fingerprint density at radius 3 is 2.61 bits per heavy atom. The van der Waals surface area contributed by atoms with E-state index in [1.54, 1.807) is 33.0 Å². The van der Waals surface area contributed by atoms with Crippen LogP contribution in [0.2, 0.25) is 5.02 Å². The van der Waals surface area contributed by atoms with Gasteiger partial charge in [0, 0.05) is 23.2 Å². The monoisotopic (exact) mass is 512 g/mol. The Hall–Kier alpha value is -3.24. The lowest BCUT2D eigenvalue weighted by atomic mass is 9.86. The summed E-state index contributed by atoms with van der Waals surface area (Å²) in [5, 5.41) is 11.2. The van der Waals surface area contributed by atoms with Crippen molar-refractivity contribution in [1.82, 2.24) is 29.8 Å². The third-order valence-electron chi connectivity index (χ3n) is 6.18. The molecule has 11 heteroatoms. The van der Waals surface area contributed by atoms with Crippen LogP contribution in [0.4, 0.5) is 4.79 Å². The molecule has 2 aliphatic rings. The first kappa shape index (κ1) is 24.5. The topological polar surface area (TPSA) is 104 Å². The van der Waals surface area contributed by atoms with E-state index in [0.717, 1.165) is 42.8 Å². The van der Waals surface area contributed by atoms with Gasteiger partial charge >= 0.3 is 6.16 Å². The first-order valence-electron chi connectivity index (χ1n) is 12.1. The van der Waals surface area contributed by atoms with Crippen LogP contribution in [0, 0.1) is 0 Å². The van der Waals surface area contributed by atoms with Gasteiger partial charge in [-0.1, -0.05) is 11.6 Å². The summed E-state index contributed by atoms with van der Waals surface area (Å²) in [4.78, 5) is 26.0. The normalized spacial score (nSPS) is 20.1. The number of hydrogen-bond donors (Lipinski definition) is 0. The minimum atomic E-state index is -0.763. The number of ether oxygens (including phenoxy) is 2. The highest BCUT2D eigenvalue weighted by Crippen LogP contribution is 2.37. The summed E-state index contributed by atoms with van der Waals surface area (Å²) in [6.45, 7) is 5.99. The van der Waals surface area contributed by atoms with Gasteiger partial charge in [0.1, 0.15) is 23.9 Å². The van der Waals surface area contributed by atoms with Gasteiger partial charge in [-0.2, -0.15) is 0 Å². The lowest BCUT2D eigenvalue weighted by Crippen LogP contribution is -2.31. The molecule has 36 heavy (non-hydrogen) atoms. The molecule has 3 aromatic rings. The number of rotatable bonds is 4. The Morgan fingerprint density at radius 1 is 1.08 bits per heavy atom.